The molecule has 0 bridgehead atoms. The SMILES string of the molecule is O=C(C1CCC2NNNC2C1)N1CCC(C(O)c2ccccn2)CC1. The second kappa shape index (κ2) is 7.37. The molecule has 7 heteroatoms. The largest absolute Gasteiger partial charge is 0.387 e. The van der Waals surface area contributed by atoms with Crippen molar-refractivity contribution in [1.82, 2.24) is 26.3 Å². The van der Waals surface area contributed by atoms with E-state index in [-0.39, 0.29) is 17.7 Å². The molecule has 25 heavy (non-hydrogen) atoms. The number of pyridine rings is 1. The number of likely N-dealkylation sites (tertiary alicyclic amines) is 1. The summed E-state index contributed by atoms with van der Waals surface area (Å²) in [5.41, 5.74) is 10.1. The molecule has 0 radical (unpaired) electrons. The highest BCUT2D eigenvalue weighted by molar-refractivity contribution is 5.79. The Hall–Kier alpha value is -1.54. The number of hydrogen-bond acceptors (Lipinski definition) is 6. The monoisotopic (exact) mass is 345 g/mol. The van der Waals surface area contributed by atoms with Crippen LogP contribution in [-0.2, 0) is 4.79 Å². The van der Waals surface area contributed by atoms with Crippen LogP contribution in [0.15, 0.2) is 24.4 Å². The zero-order chi connectivity index (χ0) is 17.2. The number of carbonyl (C=O) groups is 1. The highest BCUT2D eigenvalue weighted by atomic mass is 16.3. The van der Waals surface area contributed by atoms with E-state index in [1.54, 1.807) is 6.20 Å². The van der Waals surface area contributed by atoms with Crippen LogP contribution in [0.4, 0.5) is 0 Å². The first-order valence-corrected chi connectivity index (χ1v) is 9.36. The molecule has 1 amide bonds. The molecule has 4 N–H and O–H groups in total. The molecule has 3 fully saturated rings. The van der Waals surface area contributed by atoms with Crippen molar-refractivity contribution in [3.05, 3.63) is 30.1 Å². The standard InChI is InChI=1S/C18H27N5O2/c24-17(15-3-1-2-8-19-15)12-6-9-23(10-7-12)18(25)13-4-5-14-16(11-13)21-22-20-14/h1-3,8,12-14,16-17,20-22,24H,4-7,9-11H2. The highest BCUT2D eigenvalue weighted by Gasteiger charge is 2.39. The van der Waals surface area contributed by atoms with Crippen LogP contribution in [0.2, 0.25) is 0 Å². The van der Waals surface area contributed by atoms with Gasteiger partial charge in [0.25, 0.3) is 0 Å². The van der Waals surface area contributed by atoms with Gasteiger partial charge in [0.05, 0.1) is 11.8 Å². The van der Waals surface area contributed by atoms with Gasteiger partial charge in [-0.15, -0.1) is 0 Å². The fourth-order valence-corrected chi connectivity index (χ4v) is 4.44. The Morgan fingerprint density at radius 2 is 1.96 bits per heavy atom. The minimum atomic E-state index is -0.534. The van der Waals surface area contributed by atoms with E-state index < -0.39 is 6.10 Å². The quantitative estimate of drug-likeness (QED) is 0.638. The number of aliphatic hydroxyl groups excluding tert-OH is 1. The molecule has 3 aliphatic rings. The first-order chi connectivity index (χ1) is 12.2. The predicted octanol–water partition coefficient (Wildman–Crippen LogP) is 0.503. The molecule has 0 spiro atoms. The number of aliphatic hydroxyl groups is 1. The van der Waals surface area contributed by atoms with Crippen molar-refractivity contribution in [3.63, 3.8) is 0 Å². The van der Waals surface area contributed by atoms with Crippen LogP contribution in [0, 0.1) is 11.8 Å². The molecule has 2 aliphatic heterocycles. The summed E-state index contributed by atoms with van der Waals surface area (Å²) < 4.78 is 0. The summed E-state index contributed by atoms with van der Waals surface area (Å²) in [5, 5.41) is 10.5. The van der Waals surface area contributed by atoms with Gasteiger partial charge in [0, 0.05) is 37.3 Å². The summed E-state index contributed by atoms with van der Waals surface area (Å²) in [6.45, 7) is 1.48. The van der Waals surface area contributed by atoms with Gasteiger partial charge in [0.15, 0.2) is 0 Å². The minimum Gasteiger partial charge on any atom is -0.387 e. The van der Waals surface area contributed by atoms with Gasteiger partial charge in [-0.2, -0.15) is 5.53 Å². The van der Waals surface area contributed by atoms with Crippen molar-refractivity contribution in [2.45, 2.75) is 50.3 Å². The number of hydrazine groups is 2. The second-order valence-corrected chi connectivity index (χ2v) is 7.50. The molecule has 2 saturated heterocycles. The van der Waals surface area contributed by atoms with E-state index in [9.17, 15) is 9.90 Å². The van der Waals surface area contributed by atoms with Crippen LogP contribution >= 0.6 is 0 Å². The lowest BCUT2D eigenvalue weighted by Crippen LogP contribution is -2.47. The third-order valence-electron chi connectivity index (χ3n) is 6.00. The minimum absolute atomic E-state index is 0.118. The highest BCUT2D eigenvalue weighted by Crippen LogP contribution is 2.32. The first-order valence-electron chi connectivity index (χ1n) is 9.36. The summed E-state index contributed by atoms with van der Waals surface area (Å²) in [7, 11) is 0. The number of carbonyl (C=O) groups excluding carboxylic acids is 1. The van der Waals surface area contributed by atoms with E-state index in [1.807, 2.05) is 23.1 Å². The average molecular weight is 345 g/mol. The Morgan fingerprint density at radius 3 is 2.72 bits per heavy atom. The van der Waals surface area contributed by atoms with Crippen LogP contribution in [0.3, 0.4) is 0 Å². The maximum Gasteiger partial charge on any atom is 0.225 e. The number of nitrogens with zero attached hydrogens (tertiary/aromatic N) is 2. The number of aromatic nitrogens is 1. The van der Waals surface area contributed by atoms with E-state index in [0.717, 1.165) is 50.9 Å². The normalized spacial score (nSPS) is 31.6. The van der Waals surface area contributed by atoms with Gasteiger partial charge in [-0.05, 0) is 50.2 Å². The van der Waals surface area contributed by atoms with Gasteiger partial charge in [-0.3, -0.25) is 9.78 Å². The van der Waals surface area contributed by atoms with Crippen LogP contribution in [-0.4, -0.2) is 46.1 Å². The Bertz CT molecular complexity index is 590. The van der Waals surface area contributed by atoms with Crippen molar-refractivity contribution >= 4 is 5.91 Å². The van der Waals surface area contributed by atoms with Crippen molar-refractivity contribution in [1.29, 1.82) is 0 Å². The molecular formula is C18H27N5O2. The third-order valence-corrected chi connectivity index (χ3v) is 6.00. The van der Waals surface area contributed by atoms with Crippen molar-refractivity contribution in [2.24, 2.45) is 11.8 Å². The molecule has 1 aliphatic carbocycles. The van der Waals surface area contributed by atoms with E-state index in [4.69, 9.17) is 0 Å². The molecule has 1 aromatic heterocycles. The van der Waals surface area contributed by atoms with Crippen LogP contribution in [0.25, 0.3) is 0 Å². The molecule has 4 rings (SSSR count). The number of rotatable bonds is 3. The lowest BCUT2D eigenvalue weighted by molar-refractivity contribution is -0.139. The summed E-state index contributed by atoms with van der Waals surface area (Å²) in [5.74, 6) is 0.588. The number of fused-ring (bicyclic) bond motifs is 1. The zero-order valence-electron chi connectivity index (χ0n) is 14.4. The van der Waals surface area contributed by atoms with Gasteiger partial charge in [0.1, 0.15) is 0 Å². The Balaban J connectivity index is 1.30. The number of amides is 1. The van der Waals surface area contributed by atoms with E-state index >= 15 is 0 Å². The van der Waals surface area contributed by atoms with Crippen molar-refractivity contribution < 1.29 is 9.90 Å². The fraction of sp³-hybridized carbons (Fsp3) is 0.667. The average Bonchev–Trinajstić information content (AvgIpc) is 3.15. The van der Waals surface area contributed by atoms with Crippen LogP contribution < -0.4 is 16.4 Å². The van der Waals surface area contributed by atoms with E-state index in [2.05, 4.69) is 21.4 Å². The Kier molecular flexibility index (Phi) is 4.98. The van der Waals surface area contributed by atoms with Gasteiger partial charge < -0.3 is 10.0 Å². The maximum atomic E-state index is 12.9. The van der Waals surface area contributed by atoms with Gasteiger partial charge >= 0.3 is 0 Å². The molecule has 1 aromatic rings. The van der Waals surface area contributed by atoms with Gasteiger partial charge in [0.2, 0.25) is 5.91 Å². The molecule has 136 valence electrons. The lowest BCUT2D eigenvalue weighted by atomic mass is 9.81. The van der Waals surface area contributed by atoms with Crippen LogP contribution in [0.1, 0.15) is 43.9 Å². The summed E-state index contributed by atoms with van der Waals surface area (Å²) >= 11 is 0. The summed E-state index contributed by atoms with van der Waals surface area (Å²) in [6.07, 6.45) is 5.72. The molecule has 4 unspecified atom stereocenters. The maximum absolute atomic E-state index is 12.9. The second-order valence-electron chi connectivity index (χ2n) is 7.50. The Labute approximate surface area is 148 Å². The summed E-state index contributed by atoms with van der Waals surface area (Å²) in [4.78, 5) is 19.1. The molecule has 1 saturated carbocycles. The number of piperidine rings is 1. The third kappa shape index (κ3) is 3.55. The van der Waals surface area contributed by atoms with E-state index in [0.29, 0.717) is 12.1 Å². The molecule has 7 nitrogen and oxygen atoms in total. The Morgan fingerprint density at radius 1 is 1.16 bits per heavy atom. The molecule has 3 heterocycles. The van der Waals surface area contributed by atoms with Crippen LogP contribution in [0.5, 0.6) is 0 Å². The topological polar surface area (TPSA) is 89.5 Å². The van der Waals surface area contributed by atoms with E-state index in [1.165, 1.54) is 0 Å². The van der Waals surface area contributed by atoms with Gasteiger partial charge in [-0.25, -0.2) is 10.9 Å². The smallest absolute Gasteiger partial charge is 0.225 e. The number of hydrogen-bond donors (Lipinski definition) is 4. The predicted molar refractivity (Wildman–Crippen MR) is 92.8 cm³/mol. The van der Waals surface area contributed by atoms with Crippen molar-refractivity contribution in [3.8, 4) is 0 Å². The first kappa shape index (κ1) is 16.9. The lowest BCUT2D eigenvalue weighted by Gasteiger charge is -2.38. The van der Waals surface area contributed by atoms with Gasteiger partial charge in [-0.1, -0.05) is 6.07 Å². The zero-order valence-corrected chi connectivity index (χ0v) is 14.4. The number of nitrogens with one attached hydrogen (secondary N) is 3. The van der Waals surface area contributed by atoms with Crippen molar-refractivity contribution in [2.75, 3.05) is 13.1 Å². The fourth-order valence-electron chi connectivity index (χ4n) is 4.44. The molecule has 4 atom stereocenters. The molecular weight excluding hydrogens is 318 g/mol. The molecule has 0 aromatic carbocycles. The summed E-state index contributed by atoms with van der Waals surface area (Å²) in [6, 6.07) is 6.41.